The maximum Gasteiger partial charge on any atom is 0.265 e. The predicted molar refractivity (Wildman–Crippen MR) is 62.7 cm³/mol. The molecule has 1 aromatic heterocycles. The molecule has 0 bridgehead atoms. The minimum Gasteiger partial charge on any atom is -0.344 e. The molecule has 0 radical (unpaired) electrons. The lowest BCUT2D eigenvalue weighted by Gasteiger charge is -2.33. The third-order valence-electron chi connectivity index (χ3n) is 3.51. The van der Waals surface area contributed by atoms with Gasteiger partial charge in [0, 0.05) is 14.1 Å². The van der Waals surface area contributed by atoms with Crippen LogP contribution in [0.25, 0.3) is 0 Å². The highest BCUT2D eigenvalue weighted by Gasteiger charge is 2.37. The van der Waals surface area contributed by atoms with Crippen LogP contribution in [0.4, 0.5) is 5.95 Å². The van der Waals surface area contributed by atoms with E-state index in [-0.39, 0.29) is 5.41 Å². The van der Waals surface area contributed by atoms with Crippen molar-refractivity contribution in [1.29, 1.82) is 0 Å². The second-order valence-electron chi connectivity index (χ2n) is 4.68. The molecule has 1 aliphatic heterocycles. The van der Waals surface area contributed by atoms with Crippen LogP contribution in [0.1, 0.15) is 32.1 Å². The number of anilines is 1. The average Bonchev–Trinajstić information content (AvgIpc) is 2.80. The molecule has 1 fully saturated rings. The van der Waals surface area contributed by atoms with Crippen LogP contribution in [-0.4, -0.2) is 37.3 Å². The SMILES string of the molecule is CCC1(c2nc(N(C)C)no2)CCNCC1. The van der Waals surface area contributed by atoms with Crippen LogP contribution >= 0.6 is 0 Å². The van der Waals surface area contributed by atoms with Crippen molar-refractivity contribution < 1.29 is 4.52 Å². The summed E-state index contributed by atoms with van der Waals surface area (Å²) in [6, 6.07) is 0. The van der Waals surface area contributed by atoms with Crippen molar-refractivity contribution in [2.75, 3.05) is 32.1 Å². The molecule has 90 valence electrons. The summed E-state index contributed by atoms with van der Waals surface area (Å²) in [7, 11) is 3.85. The Labute approximate surface area is 96.2 Å². The minimum atomic E-state index is 0.0898. The van der Waals surface area contributed by atoms with Gasteiger partial charge in [-0.05, 0) is 37.5 Å². The molecule has 5 nitrogen and oxygen atoms in total. The smallest absolute Gasteiger partial charge is 0.265 e. The van der Waals surface area contributed by atoms with E-state index in [0.717, 1.165) is 38.2 Å². The Hall–Kier alpha value is -1.10. The first-order valence-corrected chi connectivity index (χ1v) is 5.90. The zero-order chi connectivity index (χ0) is 11.6. The van der Waals surface area contributed by atoms with E-state index in [0.29, 0.717) is 5.95 Å². The summed E-state index contributed by atoms with van der Waals surface area (Å²) in [5.74, 6) is 1.47. The summed E-state index contributed by atoms with van der Waals surface area (Å²) in [5, 5.41) is 7.38. The van der Waals surface area contributed by atoms with Gasteiger partial charge in [0.15, 0.2) is 0 Å². The first-order chi connectivity index (χ1) is 7.68. The first-order valence-electron chi connectivity index (χ1n) is 5.90. The molecule has 0 aromatic carbocycles. The van der Waals surface area contributed by atoms with Gasteiger partial charge in [0.2, 0.25) is 5.89 Å². The van der Waals surface area contributed by atoms with E-state index in [1.165, 1.54) is 0 Å². The van der Waals surface area contributed by atoms with E-state index in [2.05, 4.69) is 22.4 Å². The average molecular weight is 224 g/mol. The number of hydrogen-bond acceptors (Lipinski definition) is 5. The summed E-state index contributed by atoms with van der Waals surface area (Å²) in [4.78, 5) is 6.37. The lowest BCUT2D eigenvalue weighted by atomic mass is 9.76. The van der Waals surface area contributed by atoms with Crippen molar-refractivity contribution in [1.82, 2.24) is 15.5 Å². The molecule has 5 heteroatoms. The molecule has 0 saturated carbocycles. The molecule has 16 heavy (non-hydrogen) atoms. The van der Waals surface area contributed by atoms with E-state index in [1.54, 1.807) is 0 Å². The summed E-state index contributed by atoms with van der Waals surface area (Å²) < 4.78 is 5.43. The normalized spacial score (nSPS) is 19.7. The Morgan fingerprint density at radius 1 is 1.38 bits per heavy atom. The number of hydrogen-bond donors (Lipinski definition) is 1. The lowest BCUT2D eigenvalue weighted by Crippen LogP contribution is -2.39. The van der Waals surface area contributed by atoms with Crippen LogP contribution in [0.2, 0.25) is 0 Å². The third-order valence-corrected chi connectivity index (χ3v) is 3.51. The molecule has 1 N–H and O–H groups in total. The third kappa shape index (κ3) is 1.91. The van der Waals surface area contributed by atoms with Crippen LogP contribution in [-0.2, 0) is 5.41 Å². The number of piperidine rings is 1. The number of aromatic nitrogens is 2. The maximum absolute atomic E-state index is 5.43. The fourth-order valence-corrected chi connectivity index (χ4v) is 2.24. The molecule has 2 heterocycles. The van der Waals surface area contributed by atoms with Gasteiger partial charge in [-0.1, -0.05) is 6.92 Å². The van der Waals surface area contributed by atoms with Crippen LogP contribution < -0.4 is 10.2 Å². The number of nitrogens with one attached hydrogen (secondary N) is 1. The molecular formula is C11H20N4O. The van der Waals surface area contributed by atoms with Crippen molar-refractivity contribution in [2.24, 2.45) is 0 Å². The Morgan fingerprint density at radius 3 is 2.56 bits per heavy atom. The molecule has 1 saturated heterocycles. The molecule has 1 aliphatic rings. The quantitative estimate of drug-likeness (QED) is 0.835. The molecule has 0 spiro atoms. The van der Waals surface area contributed by atoms with Crippen molar-refractivity contribution in [2.45, 2.75) is 31.6 Å². The highest BCUT2D eigenvalue weighted by atomic mass is 16.5. The van der Waals surface area contributed by atoms with Gasteiger partial charge in [-0.3, -0.25) is 0 Å². The van der Waals surface area contributed by atoms with Gasteiger partial charge >= 0.3 is 0 Å². The van der Waals surface area contributed by atoms with Crippen molar-refractivity contribution in [3.05, 3.63) is 5.89 Å². The monoisotopic (exact) mass is 224 g/mol. The van der Waals surface area contributed by atoms with Gasteiger partial charge < -0.3 is 14.7 Å². The lowest BCUT2D eigenvalue weighted by molar-refractivity contribution is 0.216. The standard InChI is InChI=1S/C11H20N4O/c1-4-11(5-7-12-8-6-11)9-13-10(14-16-9)15(2)3/h12H,4-8H2,1-3H3. The van der Waals surface area contributed by atoms with Crippen LogP contribution in [0.15, 0.2) is 4.52 Å². The molecule has 1 aromatic rings. The zero-order valence-electron chi connectivity index (χ0n) is 10.3. The van der Waals surface area contributed by atoms with E-state index < -0.39 is 0 Å². The summed E-state index contributed by atoms with van der Waals surface area (Å²) in [5.41, 5.74) is 0.0898. The maximum atomic E-state index is 5.43. The van der Waals surface area contributed by atoms with Gasteiger partial charge in [-0.25, -0.2) is 0 Å². The van der Waals surface area contributed by atoms with Crippen molar-refractivity contribution in [3.63, 3.8) is 0 Å². The fourth-order valence-electron chi connectivity index (χ4n) is 2.24. The van der Waals surface area contributed by atoms with E-state index in [9.17, 15) is 0 Å². The molecule has 0 aliphatic carbocycles. The predicted octanol–water partition coefficient (Wildman–Crippen LogP) is 1.17. The fraction of sp³-hybridized carbons (Fsp3) is 0.818. The Morgan fingerprint density at radius 2 is 2.06 bits per heavy atom. The first kappa shape index (κ1) is 11.4. The van der Waals surface area contributed by atoms with Crippen molar-refractivity contribution >= 4 is 5.95 Å². The molecule has 0 unspecified atom stereocenters. The second-order valence-corrected chi connectivity index (χ2v) is 4.68. The topological polar surface area (TPSA) is 54.2 Å². The number of nitrogens with zero attached hydrogens (tertiary/aromatic N) is 3. The number of rotatable bonds is 3. The highest BCUT2D eigenvalue weighted by Crippen LogP contribution is 2.36. The minimum absolute atomic E-state index is 0.0898. The van der Waals surface area contributed by atoms with Gasteiger partial charge in [0.1, 0.15) is 0 Å². The Bertz CT molecular complexity index is 342. The molecular weight excluding hydrogens is 204 g/mol. The summed E-state index contributed by atoms with van der Waals surface area (Å²) in [6.45, 7) is 4.27. The molecule has 0 amide bonds. The Kier molecular flexibility index (Phi) is 3.14. The van der Waals surface area contributed by atoms with Gasteiger partial charge in [0.25, 0.3) is 5.95 Å². The van der Waals surface area contributed by atoms with Crippen molar-refractivity contribution in [3.8, 4) is 0 Å². The van der Waals surface area contributed by atoms with E-state index in [1.807, 2.05) is 19.0 Å². The van der Waals surface area contributed by atoms with E-state index in [4.69, 9.17) is 4.52 Å². The van der Waals surface area contributed by atoms with Crippen LogP contribution in [0.3, 0.4) is 0 Å². The Balaban J connectivity index is 2.25. The van der Waals surface area contributed by atoms with Gasteiger partial charge in [-0.2, -0.15) is 4.98 Å². The van der Waals surface area contributed by atoms with Gasteiger partial charge in [0.05, 0.1) is 5.41 Å². The highest BCUT2D eigenvalue weighted by molar-refractivity contribution is 5.25. The largest absolute Gasteiger partial charge is 0.344 e. The second kappa shape index (κ2) is 4.41. The summed E-state index contributed by atoms with van der Waals surface area (Å²) in [6.07, 6.45) is 3.22. The molecule has 2 rings (SSSR count). The van der Waals surface area contributed by atoms with E-state index >= 15 is 0 Å². The summed E-state index contributed by atoms with van der Waals surface area (Å²) >= 11 is 0. The van der Waals surface area contributed by atoms with Crippen LogP contribution in [0, 0.1) is 0 Å². The van der Waals surface area contributed by atoms with Crippen LogP contribution in [0.5, 0.6) is 0 Å². The zero-order valence-corrected chi connectivity index (χ0v) is 10.3. The molecule has 0 atom stereocenters. The van der Waals surface area contributed by atoms with Gasteiger partial charge in [-0.15, -0.1) is 0 Å².